The minimum Gasteiger partial charge on any atom is -0.369 e. The van der Waals surface area contributed by atoms with Gasteiger partial charge in [0.1, 0.15) is 0 Å². The van der Waals surface area contributed by atoms with Crippen LogP contribution in [0.25, 0.3) is 0 Å². The highest BCUT2D eigenvalue weighted by Crippen LogP contribution is 1.89. The van der Waals surface area contributed by atoms with Gasteiger partial charge in [0.2, 0.25) is 5.91 Å². The maximum Gasteiger partial charge on any atom is 0.231 e. The van der Waals surface area contributed by atoms with E-state index >= 15 is 0 Å². The molecular weight excluding hydrogens is 142 g/mol. The zero-order valence-corrected chi connectivity index (χ0v) is 6.71. The summed E-state index contributed by atoms with van der Waals surface area (Å²) in [5, 5.41) is 8.20. The number of nitriles is 1. The third-order valence-corrected chi connectivity index (χ3v) is 1.25. The van der Waals surface area contributed by atoms with Gasteiger partial charge in [-0.2, -0.15) is 5.26 Å². The normalized spacial score (nSPS) is 9.55. The highest BCUT2D eigenvalue weighted by atomic mass is 16.1. The van der Waals surface area contributed by atoms with Crippen LogP contribution in [-0.4, -0.2) is 30.9 Å². The van der Waals surface area contributed by atoms with Gasteiger partial charge in [0, 0.05) is 6.42 Å². The van der Waals surface area contributed by atoms with Crippen molar-refractivity contribution in [2.24, 2.45) is 5.73 Å². The maximum absolute atomic E-state index is 10.4. The van der Waals surface area contributed by atoms with Crippen molar-refractivity contribution in [3.8, 4) is 6.07 Å². The van der Waals surface area contributed by atoms with Crippen LogP contribution < -0.4 is 5.73 Å². The van der Waals surface area contributed by atoms with Gasteiger partial charge in [0.05, 0.1) is 12.6 Å². The predicted octanol–water partition coefficient (Wildman–Crippen LogP) is -0.293. The minimum absolute atomic E-state index is 0.269. The largest absolute Gasteiger partial charge is 0.369 e. The molecule has 62 valence electrons. The molecule has 0 saturated carbocycles. The fourth-order valence-corrected chi connectivity index (χ4v) is 0.773. The van der Waals surface area contributed by atoms with Crippen molar-refractivity contribution in [2.45, 2.75) is 12.8 Å². The molecule has 0 radical (unpaired) electrons. The molecule has 0 bridgehead atoms. The zero-order valence-electron chi connectivity index (χ0n) is 6.71. The fraction of sp³-hybridized carbons (Fsp3) is 0.714. The molecule has 0 aromatic carbocycles. The second-order valence-corrected chi connectivity index (χ2v) is 2.47. The molecule has 0 aromatic heterocycles. The molecule has 2 N–H and O–H groups in total. The van der Waals surface area contributed by atoms with Gasteiger partial charge in [0.15, 0.2) is 0 Å². The molecule has 0 spiro atoms. The summed E-state index contributed by atoms with van der Waals surface area (Å²) in [6, 6.07) is 2.03. The summed E-state index contributed by atoms with van der Waals surface area (Å²) in [4.78, 5) is 12.2. The molecule has 0 aliphatic rings. The van der Waals surface area contributed by atoms with Crippen LogP contribution in [0.3, 0.4) is 0 Å². The first-order chi connectivity index (χ1) is 5.16. The lowest BCUT2D eigenvalue weighted by atomic mass is 10.3. The van der Waals surface area contributed by atoms with Crippen LogP contribution in [0.5, 0.6) is 0 Å². The fourth-order valence-electron chi connectivity index (χ4n) is 0.773. The predicted molar refractivity (Wildman–Crippen MR) is 41.5 cm³/mol. The van der Waals surface area contributed by atoms with E-state index in [0.717, 1.165) is 13.0 Å². The number of nitrogens with two attached hydrogens (primary N) is 1. The number of carbonyl (C=O) groups is 1. The number of carbonyl (C=O) groups excluding carboxylic acids is 1. The van der Waals surface area contributed by atoms with E-state index in [-0.39, 0.29) is 12.5 Å². The van der Waals surface area contributed by atoms with Gasteiger partial charge in [-0.1, -0.05) is 0 Å². The summed E-state index contributed by atoms with van der Waals surface area (Å²) in [6.45, 7) is 1.02. The number of nitrogens with zero attached hydrogens (tertiary/aromatic N) is 2. The van der Waals surface area contributed by atoms with Gasteiger partial charge in [-0.3, -0.25) is 9.69 Å². The Balaban J connectivity index is 3.31. The summed E-state index contributed by atoms with van der Waals surface area (Å²) in [7, 11) is 1.81. The van der Waals surface area contributed by atoms with E-state index < -0.39 is 0 Å². The summed E-state index contributed by atoms with van der Waals surface area (Å²) in [6.07, 6.45) is 1.32. The van der Waals surface area contributed by atoms with E-state index in [1.807, 2.05) is 13.1 Å². The van der Waals surface area contributed by atoms with Crippen LogP contribution in [0.4, 0.5) is 0 Å². The smallest absolute Gasteiger partial charge is 0.231 e. The number of rotatable bonds is 5. The lowest BCUT2D eigenvalue weighted by molar-refractivity contribution is -0.118. The average Bonchev–Trinajstić information content (AvgIpc) is 1.86. The molecule has 0 aliphatic carbocycles. The van der Waals surface area contributed by atoms with E-state index in [0.29, 0.717) is 6.42 Å². The highest BCUT2D eigenvalue weighted by Gasteiger charge is 2.00. The van der Waals surface area contributed by atoms with Crippen molar-refractivity contribution >= 4 is 5.91 Å². The Morgan fingerprint density at radius 2 is 2.36 bits per heavy atom. The molecule has 4 nitrogen and oxygen atoms in total. The Bertz CT molecular complexity index is 162. The molecular formula is C7H13N3O. The van der Waals surface area contributed by atoms with Gasteiger partial charge >= 0.3 is 0 Å². The first-order valence-corrected chi connectivity index (χ1v) is 3.50. The van der Waals surface area contributed by atoms with E-state index in [4.69, 9.17) is 11.0 Å². The summed E-state index contributed by atoms with van der Waals surface area (Å²) >= 11 is 0. The lowest BCUT2D eigenvalue weighted by Gasteiger charge is -2.12. The monoisotopic (exact) mass is 155 g/mol. The molecule has 0 unspecified atom stereocenters. The molecule has 0 aromatic rings. The van der Waals surface area contributed by atoms with Crippen LogP contribution in [0.2, 0.25) is 0 Å². The van der Waals surface area contributed by atoms with E-state index in [1.54, 1.807) is 4.90 Å². The first kappa shape index (κ1) is 9.92. The highest BCUT2D eigenvalue weighted by molar-refractivity contribution is 5.75. The van der Waals surface area contributed by atoms with Crippen molar-refractivity contribution < 1.29 is 4.79 Å². The third kappa shape index (κ3) is 6.81. The van der Waals surface area contributed by atoms with Crippen molar-refractivity contribution in [1.82, 2.24) is 4.90 Å². The molecule has 0 rings (SSSR count). The van der Waals surface area contributed by atoms with Crippen LogP contribution in [0.1, 0.15) is 12.8 Å². The SMILES string of the molecule is CN(CCCC#N)CC(N)=O. The van der Waals surface area contributed by atoms with Crippen molar-refractivity contribution in [1.29, 1.82) is 5.26 Å². The van der Waals surface area contributed by atoms with Gasteiger partial charge in [-0.05, 0) is 20.0 Å². The number of hydrogen-bond donors (Lipinski definition) is 1. The lowest BCUT2D eigenvalue weighted by Crippen LogP contribution is -2.31. The molecule has 0 aliphatic heterocycles. The Kier molecular flexibility index (Phi) is 5.13. The molecule has 0 saturated heterocycles. The molecule has 11 heavy (non-hydrogen) atoms. The van der Waals surface area contributed by atoms with Gasteiger partial charge in [-0.15, -0.1) is 0 Å². The van der Waals surface area contributed by atoms with E-state index in [2.05, 4.69) is 0 Å². The third-order valence-electron chi connectivity index (χ3n) is 1.25. The quantitative estimate of drug-likeness (QED) is 0.554. The van der Waals surface area contributed by atoms with Crippen LogP contribution in [-0.2, 0) is 4.79 Å². The molecule has 0 fully saturated rings. The number of primary amides is 1. The van der Waals surface area contributed by atoms with Crippen LogP contribution in [0.15, 0.2) is 0 Å². The number of likely N-dealkylation sites (N-methyl/N-ethyl adjacent to an activating group) is 1. The Morgan fingerprint density at radius 1 is 1.73 bits per heavy atom. The van der Waals surface area contributed by atoms with Crippen LogP contribution >= 0.6 is 0 Å². The first-order valence-electron chi connectivity index (χ1n) is 3.50. The van der Waals surface area contributed by atoms with Gasteiger partial charge in [0.25, 0.3) is 0 Å². The molecule has 0 heterocycles. The molecule has 4 heteroatoms. The second kappa shape index (κ2) is 5.69. The van der Waals surface area contributed by atoms with E-state index in [9.17, 15) is 4.79 Å². The Morgan fingerprint density at radius 3 is 2.82 bits per heavy atom. The van der Waals surface area contributed by atoms with Gasteiger partial charge < -0.3 is 5.73 Å². The second-order valence-electron chi connectivity index (χ2n) is 2.47. The molecule has 0 atom stereocenters. The molecule has 1 amide bonds. The van der Waals surface area contributed by atoms with Crippen molar-refractivity contribution in [3.05, 3.63) is 0 Å². The van der Waals surface area contributed by atoms with Crippen molar-refractivity contribution in [2.75, 3.05) is 20.1 Å². The number of amides is 1. The zero-order chi connectivity index (χ0) is 8.69. The average molecular weight is 155 g/mol. The van der Waals surface area contributed by atoms with Gasteiger partial charge in [-0.25, -0.2) is 0 Å². The van der Waals surface area contributed by atoms with Crippen LogP contribution in [0, 0.1) is 11.3 Å². The Hall–Kier alpha value is -1.08. The summed E-state index contributed by atoms with van der Waals surface area (Å²) in [5.74, 6) is -0.329. The van der Waals surface area contributed by atoms with E-state index in [1.165, 1.54) is 0 Å². The topological polar surface area (TPSA) is 70.1 Å². The summed E-state index contributed by atoms with van der Waals surface area (Å²) < 4.78 is 0. The Labute approximate surface area is 66.6 Å². The number of unbranched alkanes of at least 4 members (excludes halogenated alkanes) is 1. The standard InChI is InChI=1S/C7H13N3O/c1-10(6-7(9)11)5-3-2-4-8/h2-3,5-6H2,1H3,(H2,9,11). The maximum atomic E-state index is 10.4. The number of hydrogen-bond acceptors (Lipinski definition) is 3. The summed E-state index contributed by atoms with van der Waals surface area (Å²) in [5.41, 5.74) is 4.95. The van der Waals surface area contributed by atoms with Crippen molar-refractivity contribution in [3.63, 3.8) is 0 Å². The minimum atomic E-state index is -0.329.